The molecule has 3 unspecified atom stereocenters. The molecule has 0 aromatic heterocycles. The summed E-state index contributed by atoms with van der Waals surface area (Å²) in [5, 5.41) is 0.203. The molecule has 118 valence electrons. The second-order valence-corrected chi connectivity index (χ2v) is 7.89. The third-order valence-corrected chi connectivity index (χ3v) is 5.40. The molecule has 1 saturated carbocycles. The van der Waals surface area contributed by atoms with E-state index in [-0.39, 0.29) is 11.2 Å². The standard InChI is InChI=1S/C18H26ClFO/c1-18(2,3)14-6-7-15(19)13(11-14)9-12-5-8-17(21-4)16(20)10-12/h5,8,10,13-15H,6-7,9,11H2,1-4H3. The molecule has 1 nitrogen and oxygen atoms in total. The summed E-state index contributed by atoms with van der Waals surface area (Å²) < 4.78 is 18.8. The fourth-order valence-electron chi connectivity index (χ4n) is 3.36. The highest BCUT2D eigenvalue weighted by Crippen LogP contribution is 2.43. The van der Waals surface area contributed by atoms with E-state index in [2.05, 4.69) is 20.8 Å². The van der Waals surface area contributed by atoms with Crippen LogP contribution in [0.5, 0.6) is 5.75 Å². The summed E-state index contributed by atoms with van der Waals surface area (Å²) in [6, 6.07) is 5.24. The van der Waals surface area contributed by atoms with E-state index in [4.69, 9.17) is 16.3 Å². The normalized spacial score (nSPS) is 26.7. The Morgan fingerprint density at radius 1 is 1.29 bits per heavy atom. The van der Waals surface area contributed by atoms with Crippen LogP contribution in [0.25, 0.3) is 0 Å². The fraction of sp³-hybridized carbons (Fsp3) is 0.667. The maximum absolute atomic E-state index is 13.8. The van der Waals surface area contributed by atoms with Gasteiger partial charge in [0.25, 0.3) is 0 Å². The molecule has 0 N–H and O–H groups in total. The van der Waals surface area contributed by atoms with Crippen LogP contribution < -0.4 is 4.74 Å². The van der Waals surface area contributed by atoms with Crippen LogP contribution in [0.15, 0.2) is 18.2 Å². The van der Waals surface area contributed by atoms with Gasteiger partial charge in [-0.05, 0) is 60.6 Å². The number of benzene rings is 1. The van der Waals surface area contributed by atoms with E-state index in [0.29, 0.717) is 23.0 Å². The van der Waals surface area contributed by atoms with Crippen molar-refractivity contribution in [3.05, 3.63) is 29.6 Å². The number of methoxy groups -OCH3 is 1. The Morgan fingerprint density at radius 2 is 2.00 bits per heavy atom. The lowest BCUT2D eigenvalue weighted by molar-refractivity contribution is 0.144. The van der Waals surface area contributed by atoms with Crippen molar-refractivity contribution in [1.29, 1.82) is 0 Å². The molecule has 0 heterocycles. The minimum Gasteiger partial charge on any atom is -0.494 e. The second kappa shape index (κ2) is 6.56. The summed E-state index contributed by atoms with van der Waals surface area (Å²) in [5.74, 6) is 1.14. The average molecular weight is 313 g/mol. The van der Waals surface area contributed by atoms with E-state index in [1.807, 2.05) is 6.07 Å². The Kier molecular flexibility index (Phi) is 5.19. The number of halogens is 2. The molecule has 1 aromatic rings. The summed E-state index contributed by atoms with van der Waals surface area (Å²) in [7, 11) is 1.49. The van der Waals surface area contributed by atoms with E-state index < -0.39 is 0 Å². The summed E-state index contributed by atoms with van der Waals surface area (Å²) in [6.45, 7) is 6.91. The Morgan fingerprint density at radius 3 is 2.57 bits per heavy atom. The van der Waals surface area contributed by atoms with Gasteiger partial charge in [-0.1, -0.05) is 26.8 Å². The van der Waals surface area contributed by atoms with Gasteiger partial charge in [0.05, 0.1) is 7.11 Å². The van der Waals surface area contributed by atoms with Crippen molar-refractivity contribution in [1.82, 2.24) is 0 Å². The molecule has 3 atom stereocenters. The molecule has 0 saturated heterocycles. The van der Waals surface area contributed by atoms with Gasteiger partial charge in [-0.15, -0.1) is 11.6 Å². The number of hydrogen-bond acceptors (Lipinski definition) is 1. The molecule has 3 heteroatoms. The highest BCUT2D eigenvalue weighted by atomic mass is 35.5. The van der Waals surface area contributed by atoms with E-state index in [9.17, 15) is 4.39 Å². The minimum absolute atomic E-state index is 0.203. The van der Waals surface area contributed by atoms with Gasteiger partial charge in [0.15, 0.2) is 11.6 Å². The maximum Gasteiger partial charge on any atom is 0.165 e. The number of ether oxygens (including phenoxy) is 1. The minimum atomic E-state index is -0.288. The number of rotatable bonds is 3. The van der Waals surface area contributed by atoms with Gasteiger partial charge in [-0.3, -0.25) is 0 Å². The lowest BCUT2D eigenvalue weighted by atomic mass is 9.68. The smallest absolute Gasteiger partial charge is 0.165 e. The van der Waals surface area contributed by atoms with Crippen molar-refractivity contribution in [2.75, 3.05) is 7.11 Å². The molecule has 0 aliphatic heterocycles. The van der Waals surface area contributed by atoms with E-state index in [1.165, 1.54) is 13.5 Å². The maximum atomic E-state index is 13.8. The van der Waals surface area contributed by atoms with E-state index in [1.54, 1.807) is 12.1 Å². The first-order valence-corrected chi connectivity index (χ1v) is 8.21. The Labute approximate surface area is 132 Å². The van der Waals surface area contributed by atoms with Gasteiger partial charge in [0, 0.05) is 5.38 Å². The van der Waals surface area contributed by atoms with Crippen LogP contribution in [0, 0.1) is 23.1 Å². The zero-order valence-corrected chi connectivity index (χ0v) is 14.2. The van der Waals surface area contributed by atoms with Crippen molar-refractivity contribution in [3.8, 4) is 5.75 Å². The number of hydrogen-bond donors (Lipinski definition) is 0. The predicted octanol–water partition coefficient (Wildman–Crippen LogP) is 5.45. The van der Waals surface area contributed by atoms with Gasteiger partial charge < -0.3 is 4.74 Å². The van der Waals surface area contributed by atoms with Crippen LogP contribution in [-0.2, 0) is 6.42 Å². The molecule has 1 aliphatic rings. The Balaban J connectivity index is 2.08. The van der Waals surface area contributed by atoms with Crippen LogP contribution in [-0.4, -0.2) is 12.5 Å². The first-order chi connectivity index (χ1) is 9.81. The molecule has 21 heavy (non-hydrogen) atoms. The first kappa shape index (κ1) is 16.6. The third kappa shape index (κ3) is 4.12. The van der Waals surface area contributed by atoms with Crippen molar-refractivity contribution in [2.24, 2.45) is 17.3 Å². The van der Waals surface area contributed by atoms with Gasteiger partial charge in [0.2, 0.25) is 0 Å². The van der Waals surface area contributed by atoms with Crippen molar-refractivity contribution < 1.29 is 9.13 Å². The average Bonchev–Trinajstić information content (AvgIpc) is 2.40. The lowest BCUT2D eigenvalue weighted by Crippen LogP contribution is -2.33. The molecule has 0 amide bonds. The molecular weight excluding hydrogens is 287 g/mol. The van der Waals surface area contributed by atoms with Crippen molar-refractivity contribution in [2.45, 2.75) is 51.8 Å². The van der Waals surface area contributed by atoms with Crippen LogP contribution in [0.1, 0.15) is 45.6 Å². The fourth-order valence-corrected chi connectivity index (χ4v) is 3.68. The number of alkyl halides is 1. The van der Waals surface area contributed by atoms with E-state index in [0.717, 1.165) is 24.8 Å². The van der Waals surface area contributed by atoms with Gasteiger partial charge in [-0.25, -0.2) is 4.39 Å². The Bertz CT molecular complexity index is 481. The zero-order valence-electron chi connectivity index (χ0n) is 13.5. The SMILES string of the molecule is COc1ccc(CC2CC(C(C)(C)C)CCC2Cl)cc1F. The van der Waals surface area contributed by atoms with Crippen LogP contribution in [0.4, 0.5) is 4.39 Å². The molecule has 1 aliphatic carbocycles. The van der Waals surface area contributed by atoms with Crippen LogP contribution in [0.3, 0.4) is 0 Å². The molecule has 1 fully saturated rings. The van der Waals surface area contributed by atoms with Crippen molar-refractivity contribution in [3.63, 3.8) is 0 Å². The highest BCUT2D eigenvalue weighted by molar-refractivity contribution is 6.20. The summed E-state index contributed by atoms with van der Waals surface area (Å²) in [4.78, 5) is 0. The second-order valence-electron chi connectivity index (χ2n) is 7.33. The van der Waals surface area contributed by atoms with E-state index >= 15 is 0 Å². The van der Waals surface area contributed by atoms with Crippen LogP contribution >= 0.6 is 11.6 Å². The summed E-state index contributed by atoms with van der Waals surface area (Å²) in [5.41, 5.74) is 1.33. The summed E-state index contributed by atoms with van der Waals surface area (Å²) >= 11 is 6.53. The lowest BCUT2D eigenvalue weighted by Gasteiger charge is -2.40. The largest absolute Gasteiger partial charge is 0.494 e. The Hall–Kier alpha value is -0.760. The van der Waals surface area contributed by atoms with Gasteiger partial charge in [-0.2, -0.15) is 0 Å². The summed E-state index contributed by atoms with van der Waals surface area (Å²) in [6.07, 6.45) is 4.24. The topological polar surface area (TPSA) is 9.23 Å². The molecule has 0 spiro atoms. The predicted molar refractivity (Wildman–Crippen MR) is 86.6 cm³/mol. The third-order valence-electron chi connectivity index (χ3n) is 4.83. The molecule has 2 rings (SSSR count). The quantitative estimate of drug-likeness (QED) is 0.675. The molecular formula is C18H26ClFO. The highest BCUT2D eigenvalue weighted by Gasteiger charge is 2.35. The molecule has 0 bridgehead atoms. The van der Waals surface area contributed by atoms with Gasteiger partial charge >= 0.3 is 0 Å². The van der Waals surface area contributed by atoms with Crippen LogP contribution in [0.2, 0.25) is 0 Å². The van der Waals surface area contributed by atoms with Crippen molar-refractivity contribution >= 4 is 11.6 Å². The monoisotopic (exact) mass is 312 g/mol. The first-order valence-electron chi connectivity index (χ1n) is 7.77. The van der Waals surface area contributed by atoms with Gasteiger partial charge in [0.1, 0.15) is 0 Å². The molecule has 0 radical (unpaired) electrons. The molecule has 1 aromatic carbocycles. The zero-order chi connectivity index (χ0) is 15.6.